The number of hydrogen-bond donors (Lipinski definition) is 0. The Bertz CT molecular complexity index is 1530. The number of nitrogens with zero attached hydrogens (tertiary/aromatic N) is 4. The minimum Gasteiger partial charge on any atom is -0.486 e. The number of aryl methyl sites for hydroxylation is 2. The molecule has 182 valence electrons. The molecule has 6 rings (SSSR count). The molecule has 36 heavy (non-hydrogen) atoms. The van der Waals surface area contributed by atoms with E-state index in [0.29, 0.717) is 55.0 Å². The van der Waals surface area contributed by atoms with Crippen LogP contribution in [0, 0.1) is 20.8 Å². The number of pyridine rings is 1. The number of rotatable bonds is 2. The third kappa shape index (κ3) is 3.66. The molecule has 0 unspecified atom stereocenters. The molecular formula is C29H28N4O3. The van der Waals surface area contributed by atoms with Crippen molar-refractivity contribution in [3.63, 3.8) is 0 Å². The molecule has 1 saturated heterocycles. The summed E-state index contributed by atoms with van der Waals surface area (Å²) in [5.41, 5.74) is 4.39. The summed E-state index contributed by atoms with van der Waals surface area (Å²) in [6.07, 6.45) is 3.23. The van der Waals surface area contributed by atoms with E-state index in [1.165, 1.54) is 0 Å². The van der Waals surface area contributed by atoms with Crippen LogP contribution in [0.5, 0.6) is 5.75 Å². The molecule has 0 bridgehead atoms. The number of ether oxygens (including phenoxy) is 1. The summed E-state index contributed by atoms with van der Waals surface area (Å²) in [5.74, 6) is 1.46. The number of Topliss-reactive ketones (excluding diaryl/α,β-unsaturated/α-hetero) is 1. The van der Waals surface area contributed by atoms with Crippen LogP contribution in [0.1, 0.15) is 56.8 Å². The maximum absolute atomic E-state index is 13.4. The second-order valence-corrected chi connectivity index (χ2v) is 10.1. The highest BCUT2D eigenvalue weighted by atomic mass is 16.5. The van der Waals surface area contributed by atoms with Crippen LogP contribution in [-0.4, -0.2) is 50.0 Å². The standard InChI is InChI=1S/C29H28N4O3/c1-18-14-19(2)27-22(15-18)25(34)16-29(36-27)10-12-32(13-11-29)28(35)23-17-30-33(20(23)3)26-9-8-21-6-4-5-7-24(21)31-26/h4-9,14-15,17H,10-13,16H2,1-3H3. The number of para-hydroxylation sites is 1. The number of fused-ring (bicyclic) bond motifs is 2. The third-order valence-corrected chi connectivity index (χ3v) is 7.52. The molecule has 2 aliphatic rings. The quantitative estimate of drug-likeness (QED) is 0.404. The van der Waals surface area contributed by atoms with E-state index >= 15 is 0 Å². The molecule has 1 amide bonds. The van der Waals surface area contributed by atoms with Gasteiger partial charge in [-0.15, -0.1) is 0 Å². The van der Waals surface area contributed by atoms with Gasteiger partial charge in [0.1, 0.15) is 11.4 Å². The van der Waals surface area contributed by atoms with Gasteiger partial charge in [-0.2, -0.15) is 5.10 Å². The highest BCUT2D eigenvalue weighted by Gasteiger charge is 2.44. The smallest absolute Gasteiger partial charge is 0.257 e. The largest absolute Gasteiger partial charge is 0.486 e. The fourth-order valence-electron chi connectivity index (χ4n) is 5.53. The summed E-state index contributed by atoms with van der Waals surface area (Å²) in [5, 5.41) is 5.54. The second kappa shape index (κ2) is 8.29. The zero-order valence-electron chi connectivity index (χ0n) is 20.7. The van der Waals surface area contributed by atoms with Crippen molar-refractivity contribution in [1.29, 1.82) is 0 Å². The fraction of sp³-hybridized carbons (Fsp3) is 0.310. The van der Waals surface area contributed by atoms with Crippen LogP contribution in [-0.2, 0) is 0 Å². The predicted molar refractivity (Wildman–Crippen MR) is 137 cm³/mol. The SMILES string of the molecule is Cc1cc(C)c2c(c1)C(=O)CC1(CCN(C(=O)c3cnn(-c4ccc5ccccc5n4)c3C)CC1)O2. The lowest BCUT2D eigenvalue weighted by Crippen LogP contribution is -2.52. The van der Waals surface area contributed by atoms with E-state index in [4.69, 9.17) is 9.72 Å². The molecule has 0 aliphatic carbocycles. The topological polar surface area (TPSA) is 77.3 Å². The van der Waals surface area contributed by atoms with Gasteiger partial charge in [-0.05, 0) is 56.2 Å². The van der Waals surface area contributed by atoms with E-state index in [-0.39, 0.29) is 11.7 Å². The first-order chi connectivity index (χ1) is 17.3. The normalized spacial score (nSPS) is 16.8. The average Bonchev–Trinajstić information content (AvgIpc) is 3.26. The van der Waals surface area contributed by atoms with Gasteiger partial charge in [0, 0.05) is 31.3 Å². The van der Waals surface area contributed by atoms with E-state index in [1.54, 1.807) is 10.9 Å². The molecule has 7 heteroatoms. The van der Waals surface area contributed by atoms with E-state index in [1.807, 2.05) is 68.1 Å². The van der Waals surface area contributed by atoms with Crippen LogP contribution >= 0.6 is 0 Å². The Morgan fingerprint density at radius 2 is 1.81 bits per heavy atom. The van der Waals surface area contributed by atoms with Crippen LogP contribution in [0.15, 0.2) is 54.7 Å². The van der Waals surface area contributed by atoms with Crippen molar-refractivity contribution in [2.24, 2.45) is 0 Å². The van der Waals surface area contributed by atoms with E-state index in [0.717, 1.165) is 27.7 Å². The van der Waals surface area contributed by atoms with Gasteiger partial charge in [0.25, 0.3) is 5.91 Å². The van der Waals surface area contributed by atoms with Crippen LogP contribution < -0.4 is 4.74 Å². The van der Waals surface area contributed by atoms with Crippen LogP contribution in [0.25, 0.3) is 16.7 Å². The van der Waals surface area contributed by atoms with E-state index in [2.05, 4.69) is 11.2 Å². The average molecular weight is 481 g/mol. The first-order valence-corrected chi connectivity index (χ1v) is 12.4. The van der Waals surface area contributed by atoms with Crippen molar-refractivity contribution >= 4 is 22.6 Å². The van der Waals surface area contributed by atoms with Crippen LogP contribution in [0.2, 0.25) is 0 Å². The summed E-state index contributed by atoms with van der Waals surface area (Å²) in [7, 11) is 0. The number of carbonyl (C=O) groups excluding carboxylic acids is 2. The molecule has 0 radical (unpaired) electrons. The van der Waals surface area contributed by atoms with Crippen molar-refractivity contribution in [1.82, 2.24) is 19.7 Å². The highest BCUT2D eigenvalue weighted by Crippen LogP contribution is 2.41. The number of ketones is 1. The number of carbonyl (C=O) groups is 2. The van der Waals surface area contributed by atoms with E-state index in [9.17, 15) is 9.59 Å². The Balaban J connectivity index is 1.20. The van der Waals surface area contributed by atoms with Crippen LogP contribution in [0.4, 0.5) is 0 Å². The Labute approximate surface area is 209 Å². The van der Waals surface area contributed by atoms with Gasteiger partial charge >= 0.3 is 0 Å². The van der Waals surface area contributed by atoms with Crippen molar-refractivity contribution in [3.05, 3.63) is 82.7 Å². The number of aromatic nitrogens is 3. The number of benzene rings is 2. The minimum atomic E-state index is -0.547. The first-order valence-electron chi connectivity index (χ1n) is 12.4. The monoisotopic (exact) mass is 480 g/mol. The number of amides is 1. The molecule has 0 atom stereocenters. The van der Waals surface area contributed by atoms with Crippen molar-refractivity contribution < 1.29 is 14.3 Å². The maximum Gasteiger partial charge on any atom is 0.257 e. The first kappa shape index (κ1) is 22.5. The molecule has 7 nitrogen and oxygen atoms in total. The molecule has 0 saturated carbocycles. The summed E-state index contributed by atoms with van der Waals surface area (Å²) >= 11 is 0. The number of piperidine rings is 1. The lowest BCUT2D eigenvalue weighted by molar-refractivity contribution is -0.00620. The zero-order chi connectivity index (χ0) is 25.0. The predicted octanol–water partition coefficient (Wildman–Crippen LogP) is 4.99. The van der Waals surface area contributed by atoms with Crippen molar-refractivity contribution in [2.45, 2.75) is 45.6 Å². The Morgan fingerprint density at radius 3 is 2.61 bits per heavy atom. The summed E-state index contributed by atoms with van der Waals surface area (Å²) in [6.45, 7) is 6.94. The highest BCUT2D eigenvalue weighted by molar-refractivity contribution is 6.01. The van der Waals surface area contributed by atoms with Crippen molar-refractivity contribution in [3.8, 4) is 11.6 Å². The Morgan fingerprint density at radius 1 is 1.03 bits per heavy atom. The molecule has 1 spiro atoms. The lowest BCUT2D eigenvalue weighted by atomic mass is 9.81. The molecule has 2 aromatic carbocycles. The fourth-order valence-corrected chi connectivity index (χ4v) is 5.53. The Hall–Kier alpha value is -4.00. The van der Waals surface area contributed by atoms with Gasteiger partial charge in [-0.3, -0.25) is 9.59 Å². The van der Waals surface area contributed by atoms with Gasteiger partial charge in [0.05, 0.1) is 35.0 Å². The molecule has 0 N–H and O–H groups in total. The summed E-state index contributed by atoms with van der Waals surface area (Å²) in [4.78, 5) is 33.0. The third-order valence-electron chi connectivity index (χ3n) is 7.52. The summed E-state index contributed by atoms with van der Waals surface area (Å²) in [6, 6.07) is 15.8. The van der Waals surface area contributed by atoms with Gasteiger partial charge < -0.3 is 9.64 Å². The van der Waals surface area contributed by atoms with Crippen molar-refractivity contribution in [2.75, 3.05) is 13.1 Å². The lowest BCUT2D eigenvalue weighted by Gasteiger charge is -2.44. The maximum atomic E-state index is 13.4. The molecule has 4 aromatic rings. The second-order valence-electron chi connectivity index (χ2n) is 10.1. The molecule has 2 aliphatic heterocycles. The molecule has 2 aromatic heterocycles. The number of hydrogen-bond acceptors (Lipinski definition) is 5. The van der Waals surface area contributed by atoms with Gasteiger partial charge in [0.15, 0.2) is 11.6 Å². The number of likely N-dealkylation sites (tertiary alicyclic amines) is 1. The Kier molecular flexibility index (Phi) is 5.18. The van der Waals surface area contributed by atoms with Crippen LogP contribution in [0.3, 0.4) is 0 Å². The molecule has 4 heterocycles. The molecule has 1 fully saturated rings. The van der Waals surface area contributed by atoms with E-state index < -0.39 is 5.60 Å². The van der Waals surface area contributed by atoms with Gasteiger partial charge in [-0.1, -0.05) is 24.3 Å². The molecular weight excluding hydrogens is 452 g/mol. The van der Waals surface area contributed by atoms with Gasteiger partial charge in [-0.25, -0.2) is 9.67 Å². The zero-order valence-corrected chi connectivity index (χ0v) is 20.7. The minimum absolute atomic E-state index is 0.0521. The summed E-state index contributed by atoms with van der Waals surface area (Å²) < 4.78 is 8.21. The van der Waals surface area contributed by atoms with Gasteiger partial charge in [0.2, 0.25) is 0 Å².